The van der Waals surface area contributed by atoms with Gasteiger partial charge in [-0.15, -0.1) is 0 Å². The summed E-state index contributed by atoms with van der Waals surface area (Å²) in [5.74, 6) is 2.17. The van der Waals surface area contributed by atoms with E-state index < -0.39 is 0 Å². The lowest BCUT2D eigenvalue weighted by atomic mass is 10.0. The van der Waals surface area contributed by atoms with Crippen molar-refractivity contribution in [1.29, 1.82) is 0 Å². The van der Waals surface area contributed by atoms with Crippen LogP contribution in [0.4, 0.5) is 0 Å². The van der Waals surface area contributed by atoms with Gasteiger partial charge in [0.05, 0.1) is 13.2 Å². The van der Waals surface area contributed by atoms with Gasteiger partial charge in [-0.05, 0) is 30.5 Å². The van der Waals surface area contributed by atoms with E-state index >= 15 is 0 Å². The average Bonchev–Trinajstić information content (AvgIpc) is 2.51. The highest BCUT2D eigenvalue weighted by atomic mass is 16.5. The quantitative estimate of drug-likeness (QED) is 0.702. The summed E-state index contributed by atoms with van der Waals surface area (Å²) < 4.78 is 16.8. The first-order chi connectivity index (χ1) is 11.0. The van der Waals surface area contributed by atoms with Gasteiger partial charge in [0.25, 0.3) is 0 Å². The predicted octanol–water partition coefficient (Wildman–Crippen LogP) is 5.20. The molecule has 0 radical (unpaired) electrons. The van der Waals surface area contributed by atoms with E-state index in [1.165, 1.54) is 11.1 Å². The van der Waals surface area contributed by atoms with Crippen LogP contribution < -0.4 is 4.74 Å². The Kier molecular flexibility index (Phi) is 6.20. The van der Waals surface area contributed by atoms with Crippen LogP contribution in [-0.2, 0) is 22.7 Å². The normalized spacial score (nSPS) is 11.0. The van der Waals surface area contributed by atoms with Crippen LogP contribution >= 0.6 is 0 Å². The van der Waals surface area contributed by atoms with Crippen LogP contribution in [-0.4, -0.2) is 14.2 Å². The molecule has 0 aliphatic carbocycles. The van der Waals surface area contributed by atoms with Crippen LogP contribution in [0.2, 0.25) is 0 Å². The molecule has 2 aromatic carbocycles. The number of aryl methyl sites for hydroxylation is 1. The lowest BCUT2D eigenvalue weighted by Crippen LogP contribution is -2.01. The topological polar surface area (TPSA) is 27.7 Å². The second kappa shape index (κ2) is 8.14. The van der Waals surface area contributed by atoms with Crippen molar-refractivity contribution in [2.24, 2.45) is 0 Å². The van der Waals surface area contributed by atoms with Gasteiger partial charge in [0, 0.05) is 25.3 Å². The van der Waals surface area contributed by atoms with Crippen molar-refractivity contribution < 1.29 is 14.2 Å². The Morgan fingerprint density at radius 2 is 1.39 bits per heavy atom. The van der Waals surface area contributed by atoms with Crippen LogP contribution in [0.25, 0.3) is 0 Å². The molecule has 0 fully saturated rings. The van der Waals surface area contributed by atoms with E-state index in [1.807, 2.05) is 12.1 Å². The maximum atomic E-state index is 6.18. The van der Waals surface area contributed by atoms with Gasteiger partial charge >= 0.3 is 0 Å². The number of ether oxygens (including phenoxy) is 3. The number of hydrogen-bond acceptors (Lipinski definition) is 3. The molecule has 0 N–H and O–H groups in total. The summed E-state index contributed by atoms with van der Waals surface area (Å²) in [6, 6.07) is 12.5. The van der Waals surface area contributed by atoms with E-state index in [0.29, 0.717) is 19.1 Å². The van der Waals surface area contributed by atoms with Gasteiger partial charge in [-0.2, -0.15) is 0 Å². The predicted molar refractivity (Wildman–Crippen MR) is 93.2 cm³/mol. The zero-order chi connectivity index (χ0) is 16.8. The Balaban J connectivity index is 2.35. The van der Waals surface area contributed by atoms with Crippen LogP contribution in [0.3, 0.4) is 0 Å². The fourth-order valence-electron chi connectivity index (χ4n) is 2.62. The minimum absolute atomic E-state index is 0.511. The standard InChI is InChI=1S/C20H26O3/c1-14(2)16-6-8-19(9-7-16)23-20-17(12-21-4)10-15(3)11-18(20)13-22-5/h6-11,14H,12-13H2,1-5H3. The second-order valence-electron chi connectivity index (χ2n) is 6.10. The van der Waals surface area contributed by atoms with Gasteiger partial charge in [0.2, 0.25) is 0 Å². The van der Waals surface area contributed by atoms with E-state index in [0.717, 1.165) is 22.6 Å². The van der Waals surface area contributed by atoms with Gasteiger partial charge in [-0.25, -0.2) is 0 Å². The first-order valence-electron chi connectivity index (χ1n) is 7.93. The largest absolute Gasteiger partial charge is 0.457 e. The van der Waals surface area contributed by atoms with Crippen molar-refractivity contribution >= 4 is 0 Å². The monoisotopic (exact) mass is 314 g/mol. The second-order valence-corrected chi connectivity index (χ2v) is 6.10. The van der Waals surface area contributed by atoms with Gasteiger partial charge < -0.3 is 14.2 Å². The van der Waals surface area contributed by atoms with Crippen LogP contribution in [0.15, 0.2) is 36.4 Å². The Hall–Kier alpha value is -1.84. The molecule has 0 unspecified atom stereocenters. The van der Waals surface area contributed by atoms with Gasteiger partial charge in [-0.1, -0.05) is 43.7 Å². The molecule has 3 heteroatoms. The van der Waals surface area contributed by atoms with Crippen LogP contribution in [0, 0.1) is 6.92 Å². The van der Waals surface area contributed by atoms with Crippen molar-refractivity contribution in [1.82, 2.24) is 0 Å². The zero-order valence-corrected chi connectivity index (χ0v) is 14.7. The molecular weight excluding hydrogens is 288 g/mol. The first-order valence-corrected chi connectivity index (χ1v) is 7.93. The van der Waals surface area contributed by atoms with Crippen molar-refractivity contribution in [2.45, 2.75) is 39.9 Å². The van der Waals surface area contributed by atoms with Crippen molar-refractivity contribution in [3.05, 3.63) is 58.7 Å². The highest BCUT2D eigenvalue weighted by Gasteiger charge is 2.13. The maximum absolute atomic E-state index is 6.18. The minimum atomic E-state index is 0.511. The molecular formula is C20H26O3. The molecule has 0 saturated heterocycles. The van der Waals surface area contributed by atoms with Crippen LogP contribution in [0.5, 0.6) is 11.5 Å². The molecule has 2 aromatic rings. The first kappa shape index (κ1) is 17.5. The van der Waals surface area contributed by atoms with Gasteiger partial charge in [-0.3, -0.25) is 0 Å². The highest BCUT2D eigenvalue weighted by Crippen LogP contribution is 2.32. The fraction of sp³-hybridized carbons (Fsp3) is 0.400. The number of hydrogen-bond donors (Lipinski definition) is 0. The molecule has 0 saturated carbocycles. The van der Waals surface area contributed by atoms with Crippen molar-refractivity contribution in [2.75, 3.05) is 14.2 Å². The third kappa shape index (κ3) is 4.57. The molecule has 124 valence electrons. The summed E-state index contributed by atoms with van der Waals surface area (Å²) in [6.45, 7) is 7.46. The zero-order valence-electron chi connectivity index (χ0n) is 14.7. The Morgan fingerprint density at radius 1 is 0.870 bits per heavy atom. The van der Waals surface area contributed by atoms with E-state index in [2.05, 4.69) is 45.0 Å². The van der Waals surface area contributed by atoms with Crippen molar-refractivity contribution in [3.63, 3.8) is 0 Å². The molecule has 2 rings (SSSR count). The van der Waals surface area contributed by atoms with E-state index in [9.17, 15) is 0 Å². The van der Waals surface area contributed by atoms with Gasteiger partial charge in [0.15, 0.2) is 0 Å². The molecule has 0 spiro atoms. The molecule has 0 bridgehead atoms. The Bertz CT molecular complexity index is 603. The van der Waals surface area contributed by atoms with Crippen molar-refractivity contribution in [3.8, 4) is 11.5 Å². The lowest BCUT2D eigenvalue weighted by Gasteiger charge is -2.17. The van der Waals surface area contributed by atoms with Gasteiger partial charge in [0.1, 0.15) is 11.5 Å². The fourth-order valence-corrected chi connectivity index (χ4v) is 2.62. The maximum Gasteiger partial charge on any atom is 0.138 e. The molecule has 0 amide bonds. The summed E-state index contributed by atoms with van der Waals surface area (Å²) in [5.41, 5.74) is 4.54. The van der Waals surface area contributed by atoms with E-state index in [1.54, 1.807) is 14.2 Å². The summed E-state index contributed by atoms with van der Waals surface area (Å²) in [4.78, 5) is 0. The molecule has 0 heterocycles. The summed E-state index contributed by atoms with van der Waals surface area (Å²) in [5, 5.41) is 0. The molecule has 3 nitrogen and oxygen atoms in total. The van der Waals surface area contributed by atoms with Crippen LogP contribution in [0.1, 0.15) is 42.0 Å². The average molecular weight is 314 g/mol. The molecule has 0 atom stereocenters. The number of methoxy groups -OCH3 is 2. The minimum Gasteiger partial charge on any atom is -0.457 e. The summed E-state index contributed by atoms with van der Waals surface area (Å²) in [7, 11) is 3.39. The smallest absolute Gasteiger partial charge is 0.138 e. The third-order valence-electron chi connectivity index (χ3n) is 3.75. The highest BCUT2D eigenvalue weighted by molar-refractivity contribution is 5.47. The third-order valence-corrected chi connectivity index (χ3v) is 3.75. The Labute approximate surface area is 139 Å². The summed E-state index contributed by atoms with van der Waals surface area (Å²) >= 11 is 0. The summed E-state index contributed by atoms with van der Waals surface area (Å²) in [6.07, 6.45) is 0. The van der Waals surface area contributed by atoms with E-state index in [4.69, 9.17) is 14.2 Å². The molecule has 0 aromatic heterocycles. The Morgan fingerprint density at radius 3 is 1.83 bits per heavy atom. The molecule has 23 heavy (non-hydrogen) atoms. The number of benzene rings is 2. The number of rotatable bonds is 7. The SMILES string of the molecule is COCc1cc(C)cc(COC)c1Oc1ccc(C(C)C)cc1. The molecule has 0 aliphatic rings. The lowest BCUT2D eigenvalue weighted by molar-refractivity contribution is 0.175. The van der Waals surface area contributed by atoms with E-state index in [-0.39, 0.29) is 0 Å². The molecule has 0 aliphatic heterocycles.